The van der Waals surface area contributed by atoms with Crippen LogP contribution in [0.3, 0.4) is 0 Å². The van der Waals surface area contributed by atoms with Crippen molar-refractivity contribution in [2.45, 2.75) is 31.2 Å². The molecule has 0 unspecified atom stereocenters. The van der Waals surface area contributed by atoms with E-state index in [2.05, 4.69) is 9.71 Å². The van der Waals surface area contributed by atoms with Gasteiger partial charge in [-0.1, -0.05) is 0 Å². The summed E-state index contributed by atoms with van der Waals surface area (Å²) in [5.41, 5.74) is 1.50. The van der Waals surface area contributed by atoms with Crippen LogP contribution in [0.4, 0.5) is 0 Å². The van der Waals surface area contributed by atoms with Gasteiger partial charge in [0.25, 0.3) is 0 Å². The van der Waals surface area contributed by atoms with Gasteiger partial charge in [0.05, 0.1) is 23.9 Å². The van der Waals surface area contributed by atoms with Gasteiger partial charge < -0.3 is 5.11 Å². The molecule has 2 heterocycles. The molecule has 0 fully saturated rings. The molecule has 0 aliphatic carbocycles. The maximum absolute atomic E-state index is 12.1. The first-order valence-electron chi connectivity index (χ1n) is 5.53. The Morgan fingerprint density at radius 2 is 2.16 bits per heavy atom. The van der Waals surface area contributed by atoms with Crippen molar-refractivity contribution in [3.8, 4) is 0 Å². The lowest BCUT2D eigenvalue weighted by Crippen LogP contribution is -2.22. The smallest absolute Gasteiger partial charge is 0.250 e. The number of thiophene rings is 1. The Bertz CT molecular complexity index is 673. The van der Waals surface area contributed by atoms with E-state index in [1.807, 2.05) is 12.3 Å². The number of aliphatic hydroxyl groups excluding tert-OH is 1. The molecule has 0 bridgehead atoms. The van der Waals surface area contributed by atoms with Gasteiger partial charge in [-0.15, -0.1) is 22.7 Å². The number of rotatable bonds is 5. The van der Waals surface area contributed by atoms with E-state index in [-0.39, 0.29) is 17.4 Å². The number of thiazole rings is 1. The van der Waals surface area contributed by atoms with Crippen LogP contribution >= 0.6 is 22.7 Å². The third-order valence-corrected chi connectivity index (χ3v) is 6.44. The summed E-state index contributed by atoms with van der Waals surface area (Å²) in [6.07, 6.45) is 0. The van der Waals surface area contributed by atoms with E-state index in [1.54, 1.807) is 13.0 Å². The van der Waals surface area contributed by atoms with Crippen molar-refractivity contribution in [1.29, 1.82) is 0 Å². The fourth-order valence-electron chi connectivity index (χ4n) is 1.51. The summed E-state index contributed by atoms with van der Waals surface area (Å²) in [4.78, 5) is 4.87. The van der Waals surface area contributed by atoms with E-state index >= 15 is 0 Å². The highest BCUT2D eigenvalue weighted by atomic mass is 32.2. The van der Waals surface area contributed by atoms with Gasteiger partial charge in [-0.05, 0) is 25.5 Å². The zero-order valence-electron chi connectivity index (χ0n) is 10.5. The lowest BCUT2D eigenvalue weighted by atomic mass is 10.3. The largest absolute Gasteiger partial charge is 0.391 e. The number of hydrogen-bond donors (Lipinski definition) is 2. The summed E-state index contributed by atoms with van der Waals surface area (Å²) in [6.45, 7) is 3.69. The fraction of sp³-hybridized carbons (Fsp3) is 0.364. The van der Waals surface area contributed by atoms with Crippen LogP contribution in [0.2, 0.25) is 0 Å². The van der Waals surface area contributed by atoms with Crippen molar-refractivity contribution in [2.75, 3.05) is 0 Å². The van der Waals surface area contributed by atoms with Crippen molar-refractivity contribution in [2.24, 2.45) is 0 Å². The average Bonchev–Trinajstić information content (AvgIpc) is 2.93. The Balaban J connectivity index is 2.13. The molecule has 8 heteroatoms. The fourth-order valence-corrected chi connectivity index (χ4v) is 4.61. The normalized spacial score (nSPS) is 11.9. The van der Waals surface area contributed by atoms with Crippen LogP contribution in [0.5, 0.6) is 0 Å². The summed E-state index contributed by atoms with van der Waals surface area (Å²) >= 11 is 2.57. The number of aryl methyl sites for hydroxylation is 2. The van der Waals surface area contributed by atoms with E-state index in [0.29, 0.717) is 10.6 Å². The van der Waals surface area contributed by atoms with Gasteiger partial charge in [-0.3, -0.25) is 0 Å². The second kappa shape index (κ2) is 5.68. The van der Waals surface area contributed by atoms with Gasteiger partial charge in [0, 0.05) is 10.3 Å². The summed E-state index contributed by atoms with van der Waals surface area (Å²) < 4.78 is 26.9. The molecule has 0 spiro atoms. The number of nitrogens with zero attached hydrogens (tertiary/aromatic N) is 1. The highest BCUT2D eigenvalue weighted by molar-refractivity contribution is 7.91. The molecule has 0 aliphatic rings. The summed E-state index contributed by atoms with van der Waals surface area (Å²) in [6, 6.07) is 1.57. The third-order valence-electron chi connectivity index (χ3n) is 2.52. The first kappa shape index (κ1) is 14.6. The Kier molecular flexibility index (Phi) is 4.36. The maximum atomic E-state index is 12.1. The minimum atomic E-state index is -3.54. The molecule has 0 atom stereocenters. The molecule has 2 aromatic rings. The Labute approximate surface area is 120 Å². The van der Waals surface area contributed by atoms with Crippen molar-refractivity contribution < 1.29 is 13.5 Å². The number of nitrogens with one attached hydrogen (secondary N) is 1. The van der Waals surface area contributed by atoms with Crippen LogP contribution in [0.25, 0.3) is 0 Å². The van der Waals surface area contributed by atoms with Crippen LogP contribution in [-0.2, 0) is 23.2 Å². The summed E-state index contributed by atoms with van der Waals surface area (Å²) in [7, 11) is -3.54. The monoisotopic (exact) mass is 318 g/mol. The van der Waals surface area contributed by atoms with Crippen LogP contribution in [-0.4, -0.2) is 18.5 Å². The van der Waals surface area contributed by atoms with Gasteiger partial charge in [0.15, 0.2) is 0 Å². The summed E-state index contributed by atoms with van der Waals surface area (Å²) in [5, 5.41) is 11.8. The molecule has 0 saturated heterocycles. The second-order valence-electron chi connectivity index (χ2n) is 4.01. The van der Waals surface area contributed by atoms with Gasteiger partial charge in [0.2, 0.25) is 10.0 Å². The summed E-state index contributed by atoms with van der Waals surface area (Å²) in [5.74, 6) is 0. The molecular formula is C11H14N2O3S3. The lowest BCUT2D eigenvalue weighted by Gasteiger charge is -2.02. The standard InChI is InChI=1S/C11H14N2O3S3/c1-7-3-11(18-10(7)5-14)19(15,16)12-4-9-6-17-8(2)13-9/h3,6,12,14H,4-5H2,1-2H3. The highest BCUT2D eigenvalue weighted by Crippen LogP contribution is 2.25. The zero-order chi connectivity index (χ0) is 14.0. The average molecular weight is 318 g/mol. The maximum Gasteiger partial charge on any atom is 0.250 e. The van der Waals surface area contributed by atoms with E-state index in [9.17, 15) is 8.42 Å². The molecule has 5 nitrogen and oxygen atoms in total. The molecule has 104 valence electrons. The van der Waals surface area contributed by atoms with E-state index in [4.69, 9.17) is 5.11 Å². The molecule has 0 saturated carbocycles. The highest BCUT2D eigenvalue weighted by Gasteiger charge is 2.18. The Hall–Kier alpha value is -0.800. The molecule has 19 heavy (non-hydrogen) atoms. The molecule has 2 N–H and O–H groups in total. The molecule has 2 rings (SSSR count). The van der Waals surface area contributed by atoms with Crippen LogP contribution < -0.4 is 4.72 Å². The second-order valence-corrected chi connectivity index (χ2v) is 8.20. The van der Waals surface area contributed by atoms with Crippen LogP contribution in [0.1, 0.15) is 21.1 Å². The van der Waals surface area contributed by atoms with E-state index in [0.717, 1.165) is 21.9 Å². The molecule has 0 amide bonds. The first-order chi connectivity index (χ1) is 8.92. The molecule has 0 aromatic carbocycles. The number of aromatic nitrogens is 1. The minimum Gasteiger partial charge on any atom is -0.391 e. The molecule has 2 aromatic heterocycles. The predicted octanol–water partition coefficient (Wildman–Crippen LogP) is 1.79. The quantitative estimate of drug-likeness (QED) is 0.881. The molecular weight excluding hydrogens is 304 g/mol. The van der Waals surface area contributed by atoms with Gasteiger partial charge in [0.1, 0.15) is 4.21 Å². The number of aliphatic hydroxyl groups is 1. The Morgan fingerprint density at radius 1 is 1.42 bits per heavy atom. The topological polar surface area (TPSA) is 79.3 Å². The first-order valence-corrected chi connectivity index (χ1v) is 8.71. The number of sulfonamides is 1. The van der Waals surface area contributed by atoms with E-state index < -0.39 is 10.0 Å². The third kappa shape index (κ3) is 3.40. The van der Waals surface area contributed by atoms with Crippen molar-refractivity contribution in [3.05, 3.63) is 32.6 Å². The Morgan fingerprint density at radius 3 is 2.68 bits per heavy atom. The minimum absolute atomic E-state index is 0.142. The lowest BCUT2D eigenvalue weighted by molar-refractivity contribution is 0.285. The van der Waals surface area contributed by atoms with Gasteiger partial charge in [-0.25, -0.2) is 18.1 Å². The van der Waals surface area contributed by atoms with Crippen molar-refractivity contribution >= 4 is 32.7 Å². The van der Waals surface area contributed by atoms with E-state index in [1.165, 1.54) is 11.3 Å². The SMILES string of the molecule is Cc1nc(CNS(=O)(=O)c2cc(C)c(CO)s2)cs1. The van der Waals surface area contributed by atoms with Crippen molar-refractivity contribution in [1.82, 2.24) is 9.71 Å². The van der Waals surface area contributed by atoms with Gasteiger partial charge in [-0.2, -0.15) is 0 Å². The molecule has 0 aliphatic heterocycles. The zero-order valence-corrected chi connectivity index (χ0v) is 13.0. The number of hydrogen-bond acceptors (Lipinski definition) is 6. The predicted molar refractivity (Wildman–Crippen MR) is 75.9 cm³/mol. The van der Waals surface area contributed by atoms with Gasteiger partial charge >= 0.3 is 0 Å². The van der Waals surface area contributed by atoms with Crippen LogP contribution in [0, 0.1) is 13.8 Å². The molecule has 0 radical (unpaired) electrons. The van der Waals surface area contributed by atoms with Crippen molar-refractivity contribution in [3.63, 3.8) is 0 Å². The van der Waals surface area contributed by atoms with Crippen LogP contribution in [0.15, 0.2) is 15.7 Å².